The number of nitrogens with zero attached hydrogens (tertiary/aromatic N) is 4. The Balaban J connectivity index is 1.44. The van der Waals surface area contributed by atoms with Crippen molar-refractivity contribution in [1.82, 2.24) is 30.0 Å². The van der Waals surface area contributed by atoms with Gasteiger partial charge in [-0.25, -0.2) is 4.98 Å². The Labute approximate surface area is 129 Å². The Kier molecular flexibility index (Phi) is 4.85. The van der Waals surface area contributed by atoms with Gasteiger partial charge in [0.05, 0.1) is 12.0 Å². The molecule has 118 valence electrons. The number of aromatic nitrogens is 4. The maximum Gasteiger partial charge on any atom is 0.241 e. The second-order valence-electron chi connectivity index (χ2n) is 5.63. The zero-order valence-electron chi connectivity index (χ0n) is 12.6. The molecule has 22 heavy (non-hydrogen) atoms. The van der Waals surface area contributed by atoms with Crippen LogP contribution in [-0.2, 0) is 17.9 Å². The number of piperidine rings is 1. The highest BCUT2D eigenvalue weighted by atomic mass is 16.2. The van der Waals surface area contributed by atoms with E-state index in [0.717, 1.165) is 25.3 Å². The van der Waals surface area contributed by atoms with E-state index in [0.29, 0.717) is 12.5 Å². The molecule has 1 aliphatic rings. The number of carbonyl (C=O) groups excluding carboxylic acids is 1. The lowest BCUT2D eigenvalue weighted by atomic mass is 9.97. The van der Waals surface area contributed by atoms with E-state index in [9.17, 15) is 4.79 Å². The van der Waals surface area contributed by atoms with Crippen molar-refractivity contribution >= 4 is 5.91 Å². The SMILES string of the molecule is O=C(Cn1ccc(C2CCCNC2)n1)NCCn1ccnc1. The summed E-state index contributed by atoms with van der Waals surface area (Å²) >= 11 is 0. The molecule has 0 spiro atoms. The van der Waals surface area contributed by atoms with Gasteiger partial charge in [0.2, 0.25) is 5.91 Å². The van der Waals surface area contributed by atoms with Gasteiger partial charge in [-0.2, -0.15) is 5.10 Å². The molecule has 7 nitrogen and oxygen atoms in total. The highest BCUT2D eigenvalue weighted by molar-refractivity contribution is 5.75. The number of hydrogen-bond acceptors (Lipinski definition) is 4. The van der Waals surface area contributed by atoms with Gasteiger partial charge >= 0.3 is 0 Å². The lowest BCUT2D eigenvalue weighted by molar-refractivity contribution is -0.121. The van der Waals surface area contributed by atoms with Gasteiger partial charge in [0, 0.05) is 44.1 Å². The number of nitrogens with one attached hydrogen (secondary N) is 2. The minimum absolute atomic E-state index is 0.0171. The first kappa shape index (κ1) is 14.8. The second-order valence-corrected chi connectivity index (χ2v) is 5.63. The third-order valence-electron chi connectivity index (χ3n) is 3.93. The summed E-state index contributed by atoms with van der Waals surface area (Å²) in [6, 6.07) is 2.02. The standard InChI is InChI=1S/C15H22N6O/c22-15(18-6-9-20-8-5-17-12-20)11-21-7-3-14(19-21)13-2-1-4-16-10-13/h3,5,7-8,12-13,16H,1-2,4,6,9-11H2,(H,18,22). The molecule has 0 bridgehead atoms. The van der Waals surface area contributed by atoms with Crippen LogP contribution in [0.1, 0.15) is 24.5 Å². The van der Waals surface area contributed by atoms with Crippen LogP contribution in [0.2, 0.25) is 0 Å². The van der Waals surface area contributed by atoms with Crippen LogP contribution >= 0.6 is 0 Å². The van der Waals surface area contributed by atoms with Crippen LogP contribution in [0.5, 0.6) is 0 Å². The highest BCUT2D eigenvalue weighted by Crippen LogP contribution is 2.21. The van der Waals surface area contributed by atoms with E-state index in [1.165, 1.54) is 12.8 Å². The van der Waals surface area contributed by atoms with Crippen molar-refractivity contribution in [3.05, 3.63) is 36.7 Å². The van der Waals surface area contributed by atoms with Gasteiger partial charge < -0.3 is 15.2 Å². The molecule has 1 fully saturated rings. The summed E-state index contributed by atoms with van der Waals surface area (Å²) in [5, 5.41) is 10.8. The van der Waals surface area contributed by atoms with Crippen LogP contribution < -0.4 is 10.6 Å². The van der Waals surface area contributed by atoms with E-state index in [1.54, 1.807) is 17.2 Å². The van der Waals surface area contributed by atoms with Crippen LogP contribution in [0.25, 0.3) is 0 Å². The van der Waals surface area contributed by atoms with Crippen molar-refractivity contribution in [1.29, 1.82) is 0 Å². The molecule has 2 aromatic rings. The third kappa shape index (κ3) is 3.94. The van der Waals surface area contributed by atoms with Crippen molar-refractivity contribution in [3.63, 3.8) is 0 Å². The Hall–Kier alpha value is -2.15. The van der Waals surface area contributed by atoms with Crippen LogP contribution in [0, 0.1) is 0 Å². The topological polar surface area (TPSA) is 76.8 Å². The number of rotatable bonds is 6. The second kappa shape index (κ2) is 7.22. The molecule has 7 heteroatoms. The minimum Gasteiger partial charge on any atom is -0.353 e. The van der Waals surface area contributed by atoms with Gasteiger partial charge in [-0.05, 0) is 25.5 Å². The van der Waals surface area contributed by atoms with E-state index in [4.69, 9.17) is 0 Å². The van der Waals surface area contributed by atoms with Crippen molar-refractivity contribution in [2.45, 2.75) is 31.8 Å². The van der Waals surface area contributed by atoms with Crippen LogP contribution in [0.15, 0.2) is 31.0 Å². The highest BCUT2D eigenvalue weighted by Gasteiger charge is 2.17. The molecule has 1 atom stereocenters. The van der Waals surface area contributed by atoms with E-state index < -0.39 is 0 Å². The Morgan fingerprint density at radius 1 is 1.45 bits per heavy atom. The molecule has 1 unspecified atom stereocenters. The van der Waals surface area contributed by atoms with Gasteiger partial charge in [-0.1, -0.05) is 0 Å². The molecule has 0 radical (unpaired) electrons. The zero-order valence-corrected chi connectivity index (χ0v) is 12.6. The average Bonchev–Trinajstić information content (AvgIpc) is 3.20. The molecule has 2 N–H and O–H groups in total. The summed E-state index contributed by atoms with van der Waals surface area (Å²) in [7, 11) is 0. The number of imidazole rings is 1. The summed E-state index contributed by atoms with van der Waals surface area (Å²) in [6.07, 6.45) is 9.59. The van der Waals surface area contributed by atoms with Gasteiger partial charge in [-0.3, -0.25) is 9.48 Å². The van der Waals surface area contributed by atoms with Gasteiger partial charge in [0.25, 0.3) is 0 Å². The maximum atomic E-state index is 11.9. The molecule has 1 amide bonds. The molecule has 0 aliphatic carbocycles. The predicted octanol–water partition coefficient (Wildman–Crippen LogP) is 0.363. The van der Waals surface area contributed by atoms with Crippen LogP contribution in [0.4, 0.5) is 0 Å². The normalized spacial score (nSPS) is 18.3. The third-order valence-corrected chi connectivity index (χ3v) is 3.93. The average molecular weight is 302 g/mol. The molecule has 0 aromatic carbocycles. The quantitative estimate of drug-likeness (QED) is 0.808. The maximum absolute atomic E-state index is 11.9. The van der Waals surface area contributed by atoms with Gasteiger partial charge in [-0.15, -0.1) is 0 Å². The minimum atomic E-state index is -0.0171. The predicted molar refractivity (Wildman–Crippen MR) is 82.3 cm³/mol. The van der Waals surface area contributed by atoms with Crippen molar-refractivity contribution in [3.8, 4) is 0 Å². The lowest BCUT2D eigenvalue weighted by Crippen LogP contribution is -2.31. The molecule has 1 aliphatic heterocycles. The molecule has 3 heterocycles. The summed E-state index contributed by atoms with van der Waals surface area (Å²) < 4.78 is 3.65. The molecular formula is C15H22N6O. The van der Waals surface area contributed by atoms with Gasteiger partial charge in [0.1, 0.15) is 6.54 Å². The first-order valence-corrected chi connectivity index (χ1v) is 7.78. The molecule has 3 rings (SSSR count). The number of hydrogen-bond donors (Lipinski definition) is 2. The van der Waals surface area contributed by atoms with Gasteiger partial charge in [0.15, 0.2) is 0 Å². The Morgan fingerprint density at radius 2 is 2.41 bits per heavy atom. The fourth-order valence-corrected chi connectivity index (χ4v) is 2.73. The summed E-state index contributed by atoms with van der Waals surface area (Å²) in [4.78, 5) is 15.9. The van der Waals surface area contributed by atoms with Crippen LogP contribution in [0.3, 0.4) is 0 Å². The van der Waals surface area contributed by atoms with Crippen molar-refractivity contribution in [2.75, 3.05) is 19.6 Å². The Bertz CT molecular complexity index is 585. The number of amides is 1. The van der Waals surface area contributed by atoms with Crippen molar-refractivity contribution in [2.24, 2.45) is 0 Å². The van der Waals surface area contributed by atoms with Crippen molar-refractivity contribution < 1.29 is 4.79 Å². The van der Waals surface area contributed by atoms with E-state index in [1.807, 2.05) is 23.0 Å². The van der Waals surface area contributed by atoms with E-state index >= 15 is 0 Å². The molecular weight excluding hydrogens is 280 g/mol. The summed E-state index contributed by atoms with van der Waals surface area (Å²) in [6.45, 7) is 3.66. The van der Waals surface area contributed by atoms with E-state index in [2.05, 4.69) is 20.7 Å². The Morgan fingerprint density at radius 3 is 3.18 bits per heavy atom. The summed E-state index contributed by atoms with van der Waals surface area (Å²) in [5.41, 5.74) is 1.08. The molecule has 2 aromatic heterocycles. The number of carbonyl (C=O) groups is 1. The first-order valence-electron chi connectivity index (χ1n) is 7.78. The molecule has 0 saturated carbocycles. The van der Waals surface area contributed by atoms with Crippen LogP contribution in [-0.4, -0.2) is 44.9 Å². The first-order chi connectivity index (χ1) is 10.8. The fraction of sp³-hybridized carbons (Fsp3) is 0.533. The summed E-state index contributed by atoms with van der Waals surface area (Å²) in [5.74, 6) is 0.454. The smallest absolute Gasteiger partial charge is 0.241 e. The van der Waals surface area contributed by atoms with E-state index in [-0.39, 0.29) is 12.5 Å². The largest absolute Gasteiger partial charge is 0.353 e. The zero-order chi connectivity index (χ0) is 15.2. The molecule has 1 saturated heterocycles. The lowest BCUT2D eigenvalue weighted by Gasteiger charge is -2.20. The monoisotopic (exact) mass is 302 g/mol. The fourth-order valence-electron chi connectivity index (χ4n) is 2.73.